The summed E-state index contributed by atoms with van der Waals surface area (Å²) in [7, 11) is 1.93. The summed E-state index contributed by atoms with van der Waals surface area (Å²) in [5.41, 5.74) is 3.02. The average molecular weight is 257 g/mol. The molecule has 0 spiro atoms. The van der Waals surface area contributed by atoms with E-state index >= 15 is 0 Å². The molecule has 0 aliphatic carbocycles. The fourth-order valence-corrected chi connectivity index (χ4v) is 2.12. The molecule has 19 heavy (non-hydrogen) atoms. The van der Waals surface area contributed by atoms with E-state index < -0.39 is 0 Å². The van der Waals surface area contributed by atoms with Gasteiger partial charge in [-0.1, -0.05) is 6.07 Å². The van der Waals surface area contributed by atoms with Crippen LogP contribution in [0.1, 0.15) is 17.7 Å². The molecule has 2 heterocycles. The van der Waals surface area contributed by atoms with Crippen molar-refractivity contribution in [2.75, 3.05) is 5.32 Å². The quantitative estimate of drug-likeness (QED) is 0.913. The van der Waals surface area contributed by atoms with Gasteiger partial charge in [0.05, 0.1) is 18.2 Å². The molecule has 98 valence electrons. The average Bonchev–Trinajstić information content (AvgIpc) is 2.81. The molecule has 1 amide bonds. The van der Waals surface area contributed by atoms with Gasteiger partial charge in [-0.05, 0) is 18.1 Å². The highest BCUT2D eigenvalue weighted by Crippen LogP contribution is 2.27. The van der Waals surface area contributed by atoms with Gasteiger partial charge in [0.1, 0.15) is 12.4 Å². The minimum absolute atomic E-state index is 0.0660. The van der Waals surface area contributed by atoms with Crippen LogP contribution >= 0.6 is 0 Å². The summed E-state index contributed by atoms with van der Waals surface area (Å²) in [6.45, 7) is 0.462. The van der Waals surface area contributed by atoms with Gasteiger partial charge in [0.15, 0.2) is 0 Å². The lowest BCUT2D eigenvalue weighted by atomic mass is 10.0. The number of amides is 1. The normalized spacial score (nSPS) is 13.8. The maximum atomic E-state index is 11.4. The lowest BCUT2D eigenvalue weighted by Gasteiger charge is -2.17. The Hall–Kier alpha value is -2.30. The Morgan fingerprint density at radius 1 is 1.42 bits per heavy atom. The summed E-state index contributed by atoms with van der Waals surface area (Å²) in [4.78, 5) is 15.4. The topological polar surface area (TPSA) is 56.1 Å². The van der Waals surface area contributed by atoms with Crippen molar-refractivity contribution >= 4 is 11.6 Å². The molecule has 0 atom stereocenters. The maximum absolute atomic E-state index is 11.4. The second-order valence-electron chi connectivity index (χ2n) is 4.65. The van der Waals surface area contributed by atoms with E-state index in [4.69, 9.17) is 4.74 Å². The summed E-state index contributed by atoms with van der Waals surface area (Å²) in [5, 5.41) is 2.87. The third kappa shape index (κ3) is 2.45. The second kappa shape index (κ2) is 4.76. The Morgan fingerprint density at radius 2 is 2.32 bits per heavy atom. The van der Waals surface area contributed by atoms with Gasteiger partial charge in [-0.2, -0.15) is 0 Å². The van der Waals surface area contributed by atoms with Crippen LogP contribution in [0.3, 0.4) is 0 Å². The fraction of sp³-hybridized carbons (Fsp3) is 0.286. The van der Waals surface area contributed by atoms with Crippen molar-refractivity contribution in [3.63, 3.8) is 0 Å². The van der Waals surface area contributed by atoms with Crippen LogP contribution in [0.2, 0.25) is 0 Å². The van der Waals surface area contributed by atoms with Gasteiger partial charge in [0, 0.05) is 25.2 Å². The molecule has 3 rings (SSSR count). The summed E-state index contributed by atoms with van der Waals surface area (Å²) in [6, 6.07) is 5.82. The first-order chi connectivity index (χ1) is 9.22. The van der Waals surface area contributed by atoms with Crippen LogP contribution in [0.4, 0.5) is 5.69 Å². The minimum Gasteiger partial charge on any atom is -0.487 e. The van der Waals surface area contributed by atoms with E-state index in [1.54, 1.807) is 12.5 Å². The Bertz CT molecular complexity index is 619. The number of imidazole rings is 1. The zero-order chi connectivity index (χ0) is 13.2. The number of nitrogens with zero attached hydrogens (tertiary/aromatic N) is 2. The van der Waals surface area contributed by atoms with Crippen molar-refractivity contribution < 1.29 is 9.53 Å². The highest BCUT2D eigenvalue weighted by Gasteiger charge is 2.15. The molecule has 5 heteroatoms. The first kappa shape index (κ1) is 11.8. The molecule has 1 aliphatic heterocycles. The van der Waals surface area contributed by atoms with Gasteiger partial charge in [-0.25, -0.2) is 4.98 Å². The number of benzene rings is 1. The molecule has 1 aromatic heterocycles. The van der Waals surface area contributed by atoms with Gasteiger partial charge >= 0.3 is 0 Å². The van der Waals surface area contributed by atoms with Crippen LogP contribution < -0.4 is 10.1 Å². The van der Waals surface area contributed by atoms with Crippen LogP contribution in [0, 0.1) is 0 Å². The van der Waals surface area contributed by atoms with Crippen LogP contribution in [-0.2, 0) is 24.9 Å². The molecule has 0 radical (unpaired) electrons. The van der Waals surface area contributed by atoms with Crippen molar-refractivity contribution in [1.82, 2.24) is 9.55 Å². The Labute approximate surface area is 111 Å². The third-order valence-electron chi connectivity index (χ3n) is 3.28. The zero-order valence-electron chi connectivity index (χ0n) is 10.7. The highest BCUT2D eigenvalue weighted by molar-refractivity contribution is 5.94. The first-order valence-corrected chi connectivity index (χ1v) is 6.23. The SMILES string of the molecule is Cn1cncc1COc1ccc2c(c1)NC(=O)CC2. The van der Waals surface area contributed by atoms with Gasteiger partial charge in [0.25, 0.3) is 0 Å². The molecule has 0 bridgehead atoms. The van der Waals surface area contributed by atoms with E-state index in [1.807, 2.05) is 29.8 Å². The molecule has 0 unspecified atom stereocenters. The zero-order valence-corrected chi connectivity index (χ0v) is 10.7. The van der Waals surface area contributed by atoms with E-state index in [2.05, 4.69) is 10.3 Å². The van der Waals surface area contributed by atoms with Crippen molar-refractivity contribution in [2.24, 2.45) is 7.05 Å². The van der Waals surface area contributed by atoms with Crippen molar-refractivity contribution in [2.45, 2.75) is 19.4 Å². The smallest absolute Gasteiger partial charge is 0.224 e. The van der Waals surface area contributed by atoms with E-state index in [-0.39, 0.29) is 5.91 Å². The van der Waals surface area contributed by atoms with E-state index in [9.17, 15) is 4.79 Å². The molecule has 1 aromatic carbocycles. The molecule has 0 fully saturated rings. The first-order valence-electron chi connectivity index (χ1n) is 6.23. The number of carbonyl (C=O) groups excluding carboxylic acids is 1. The number of aromatic nitrogens is 2. The molecular weight excluding hydrogens is 242 g/mol. The number of fused-ring (bicyclic) bond motifs is 1. The van der Waals surface area contributed by atoms with Crippen LogP contribution in [0.5, 0.6) is 5.75 Å². The predicted octanol–water partition coefficient (Wildman–Crippen LogP) is 1.88. The van der Waals surface area contributed by atoms with Gasteiger partial charge in [0.2, 0.25) is 5.91 Å². The Balaban J connectivity index is 1.74. The van der Waals surface area contributed by atoms with Crippen molar-refractivity contribution in [1.29, 1.82) is 0 Å². The molecule has 1 aliphatic rings. The lowest BCUT2D eigenvalue weighted by molar-refractivity contribution is -0.116. The van der Waals surface area contributed by atoms with Crippen LogP contribution in [0.15, 0.2) is 30.7 Å². The van der Waals surface area contributed by atoms with Crippen molar-refractivity contribution in [3.8, 4) is 5.75 Å². The summed E-state index contributed by atoms with van der Waals surface area (Å²) < 4.78 is 7.64. The number of carbonyl (C=O) groups is 1. The summed E-state index contributed by atoms with van der Waals surface area (Å²) in [5.74, 6) is 0.818. The molecule has 2 aromatic rings. The van der Waals surface area contributed by atoms with Gasteiger partial charge in [-0.15, -0.1) is 0 Å². The fourth-order valence-electron chi connectivity index (χ4n) is 2.12. The molecule has 0 saturated heterocycles. The van der Waals surface area contributed by atoms with Gasteiger partial charge in [-0.3, -0.25) is 4.79 Å². The van der Waals surface area contributed by atoms with E-state index in [0.29, 0.717) is 13.0 Å². The second-order valence-corrected chi connectivity index (χ2v) is 4.65. The highest BCUT2D eigenvalue weighted by atomic mass is 16.5. The van der Waals surface area contributed by atoms with E-state index in [1.165, 1.54) is 0 Å². The number of hydrogen-bond acceptors (Lipinski definition) is 3. The summed E-state index contributed by atoms with van der Waals surface area (Å²) >= 11 is 0. The molecule has 0 saturated carbocycles. The summed E-state index contributed by atoms with van der Waals surface area (Å²) in [6.07, 6.45) is 4.87. The van der Waals surface area contributed by atoms with Crippen LogP contribution in [0.25, 0.3) is 0 Å². The molecule has 5 nitrogen and oxygen atoms in total. The van der Waals surface area contributed by atoms with Crippen LogP contribution in [-0.4, -0.2) is 15.5 Å². The molecular formula is C14H15N3O2. The molecule has 1 N–H and O–H groups in total. The number of aryl methyl sites for hydroxylation is 2. The monoisotopic (exact) mass is 257 g/mol. The number of nitrogens with one attached hydrogen (secondary N) is 1. The lowest BCUT2D eigenvalue weighted by Crippen LogP contribution is -2.18. The Kier molecular flexibility index (Phi) is 2.95. The number of hydrogen-bond donors (Lipinski definition) is 1. The number of rotatable bonds is 3. The van der Waals surface area contributed by atoms with Crippen molar-refractivity contribution in [3.05, 3.63) is 42.0 Å². The number of anilines is 1. The minimum atomic E-state index is 0.0660. The largest absolute Gasteiger partial charge is 0.487 e. The predicted molar refractivity (Wildman–Crippen MR) is 70.9 cm³/mol. The number of ether oxygens (including phenoxy) is 1. The third-order valence-corrected chi connectivity index (χ3v) is 3.28. The van der Waals surface area contributed by atoms with E-state index in [0.717, 1.165) is 29.1 Å². The Morgan fingerprint density at radius 3 is 3.11 bits per heavy atom. The maximum Gasteiger partial charge on any atom is 0.224 e. The standard InChI is InChI=1S/C14H15N3O2/c1-17-9-15-7-11(17)8-19-12-4-2-10-3-5-14(18)16-13(10)6-12/h2,4,6-7,9H,3,5,8H2,1H3,(H,16,18). The van der Waals surface area contributed by atoms with Gasteiger partial charge < -0.3 is 14.6 Å².